The average molecular weight is 329 g/mol. The number of carboxylic acids is 1. The normalized spacial score (nSPS) is 10.3. The third-order valence-corrected chi connectivity index (χ3v) is 2.78. The number of aromatic carboxylic acids is 1. The quantitative estimate of drug-likeness (QED) is 0.904. The number of benzene rings is 1. The van der Waals surface area contributed by atoms with Gasteiger partial charge in [0.2, 0.25) is 0 Å². The van der Waals surface area contributed by atoms with E-state index in [0.29, 0.717) is 0 Å². The van der Waals surface area contributed by atoms with Gasteiger partial charge in [0, 0.05) is 10.7 Å². The van der Waals surface area contributed by atoms with Crippen LogP contribution in [0.25, 0.3) is 0 Å². The first kappa shape index (κ1) is 13.4. The maximum absolute atomic E-state index is 13.6. The molecular formula is C12H7BrF2N2O2. The number of nitrogens with one attached hydrogen (secondary N) is 1. The third kappa shape index (κ3) is 2.87. The van der Waals surface area contributed by atoms with Crippen LogP contribution in [0, 0.1) is 11.6 Å². The number of anilines is 2. The molecule has 0 aliphatic heterocycles. The number of pyridine rings is 1. The van der Waals surface area contributed by atoms with Crippen molar-refractivity contribution in [1.29, 1.82) is 0 Å². The topological polar surface area (TPSA) is 62.2 Å². The molecule has 1 aromatic heterocycles. The van der Waals surface area contributed by atoms with E-state index in [2.05, 4.69) is 26.2 Å². The van der Waals surface area contributed by atoms with E-state index in [-0.39, 0.29) is 15.7 Å². The Balaban J connectivity index is 2.45. The van der Waals surface area contributed by atoms with Crippen molar-refractivity contribution in [2.45, 2.75) is 0 Å². The molecule has 1 heterocycles. The monoisotopic (exact) mass is 328 g/mol. The van der Waals surface area contributed by atoms with E-state index in [1.54, 1.807) is 0 Å². The van der Waals surface area contributed by atoms with Gasteiger partial charge in [-0.1, -0.05) is 15.9 Å². The Labute approximate surface area is 115 Å². The van der Waals surface area contributed by atoms with Crippen LogP contribution in [-0.4, -0.2) is 16.1 Å². The molecule has 2 rings (SSSR count). The molecule has 0 spiro atoms. The van der Waals surface area contributed by atoms with Gasteiger partial charge in [-0.25, -0.2) is 13.6 Å². The van der Waals surface area contributed by atoms with E-state index in [1.807, 2.05) is 0 Å². The molecule has 7 heteroatoms. The molecule has 2 N–H and O–H groups in total. The Morgan fingerprint density at radius 1 is 1.32 bits per heavy atom. The minimum absolute atomic E-state index is 0.00937. The molecule has 0 unspecified atom stereocenters. The molecule has 1 aromatic carbocycles. The standard InChI is InChI=1S/C12H7BrF2N2O2/c13-6-3-8(14)11(9(15)4-6)17-10-5-16-2-1-7(10)12(18)19/h1-5,17H,(H,18,19). The van der Waals surface area contributed by atoms with E-state index >= 15 is 0 Å². The molecule has 0 fully saturated rings. The predicted molar refractivity (Wildman–Crippen MR) is 68.5 cm³/mol. The zero-order chi connectivity index (χ0) is 14.0. The highest BCUT2D eigenvalue weighted by Crippen LogP contribution is 2.28. The lowest BCUT2D eigenvalue weighted by atomic mass is 10.2. The van der Waals surface area contributed by atoms with Gasteiger partial charge in [-0.3, -0.25) is 4.98 Å². The van der Waals surface area contributed by atoms with Gasteiger partial charge < -0.3 is 10.4 Å². The first-order chi connectivity index (χ1) is 8.99. The summed E-state index contributed by atoms with van der Waals surface area (Å²) in [4.78, 5) is 14.7. The Morgan fingerprint density at radius 3 is 2.53 bits per heavy atom. The number of carbonyl (C=O) groups is 1. The molecule has 0 amide bonds. The number of carboxylic acid groups (broad SMARTS) is 1. The molecule has 0 atom stereocenters. The molecule has 0 aliphatic rings. The predicted octanol–water partition coefficient (Wildman–Crippen LogP) is 3.56. The summed E-state index contributed by atoms with van der Waals surface area (Å²) in [6.45, 7) is 0. The summed E-state index contributed by atoms with van der Waals surface area (Å²) in [5.41, 5.74) is -0.550. The van der Waals surface area contributed by atoms with Gasteiger partial charge in [0.25, 0.3) is 0 Å². The average Bonchev–Trinajstić information content (AvgIpc) is 2.34. The fourth-order valence-corrected chi connectivity index (χ4v) is 1.88. The number of nitrogens with zero attached hydrogens (tertiary/aromatic N) is 1. The zero-order valence-electron chi connectivity index (χ0n) is 9.32. The first-order valence-corrected chi connectivity index (χ1v) is 5.87. The second-order valence-corrected chi connectivity index (χ2v) is 4.51. The maximum atomic E-state index is 13.6. The van der Waals surface area contributed by atoms with Crippen LogP contribution < -0.4 is 5.32 Å². The molecule has 2 aromatic rings. The van der Waals surface area contributed by atoms with Crippen molar-refractivity contribution < 1.29 is 18.7 Å². The molecule has 0 bridgehead atoms. The molecule has 0 radical (unpaired) electrons. The summed E-state index contributed by atoms with van der Waals surface area (Å²) in [5, 5.41) is 11.4. The van der Waals surface area contributed by atoms with Gasteiger partial charge in [-0.15, -0.1) is 0 Å². The van der Waals surface area contributed by atoms with Gasteiger partial charge in [0.15, 0.2) is 11.6 Å². The lowest BCUT2D eigenvalue weighted by Gasteiger charge is -2.11. The fourth-order valence-electron chi connectivity index (χ4n) is 1.48. The van der Waals surface area contributed by atoms with Crippen LogP contribution in [0.15, 0.2) is 35.1 Å². The van der Waals surface area contributed by atoms with E-state index < -0.39 is 23.3 Å². The van der Waals surface area contributed by atoms with E-state index in [4.69, 9.17) is 5.11 Å². The van der Waals surface area contributed by atoms with Crippen molar-refractivity contribution in [2.24, 2.45) is 0 Å². The highest BCUT2D eigenvalue weighted by Gasteiger charge is 2.15. The number of halogens is 3. The lowest BCUT2D eigenvalue weighted by Crippen LogP contribution is -2.05. The van der Waals surface area contributed by atoms with Gasteiger partial charge in [-0.05, 0) is 18.2 Å². The van der Waals surface area contributed by atoms with Crippen LogP contribution in [0.4, 0.5) is 20.2 Å². The summed E-state index contributed by atoms with van der Waals surface area (Å²) in [6, 6.07) is 3.38. The molecule has 98 valence electrons. The fraction of sp³-hybridized carbons (Fsp3) is 0. The molecule has 0 saturated heterocycles. The van der Waals surface area contributed by atoms with Crippen molar-refractivity contribution in [2.75, 3.05) is 5.32 Å². The minimum atomic E-state index is -1.22. The Hall–Kier alpha value is -2.02. The number of hydrogen-bond donors (Lipinski definition) is 2. The summed E-state index contributed by atoms with van der Waals surface area (Å²) in [5.74, 6) is -2.90. The molecule has 0 aliphatic carbocycles. The van der Waals surface area contributed by atoms with Crippen molar-refractivity contribution in [3.05, 3.63) is 52.3 Å². The SMILES string of the molecule is O=C(O)c1ccncc1Nc1c(F)cc(Br)cc1F. The summed E-state index contributed by atoms with van der Waals surface area (Å²) < 4.78 is 27.5. The van der Waals surface area contributed by atoms with Crippen molar-refractivity contribution in [1.82, 2.24) is 4.98 Å². The molecule has 0 saturated carbocycles. The third-order valence-electron chi connectivity index (χ3n) is 2.32. The Bertz CT molecular complexity index is 626. The van der Waals surface area contributed by atoms with E-state index in [0.717, 1.165) is 12.1 Å². The van der Waals surface area contributed by atoms with Gasteiger partial charge in [0.05, 0.1) is 17.4 Å². The van der Waals surface area contributed by atoms with Crippen LogP contribution in [0.5, 0.6) is 0 Å². The van der Waals surface area contributed by atoms with Crippen molar-refractivity contribution >= 4 is 33.3 Å². The van der Waals surface area contributed by atoms with Crippen LogP contribution in [-0.2, 0) is 0 Å². The molecular weight excluding hydrogens is 322 g/mol. The summed E-state index contributed by atoms with van der Waals surface area (Å²) >= 11 is 2.96. The number of rotatable bonds is 3. The molecule has 19 heavy (non-hydrogen) atoms. The summed E-state index contributed by atoms with van der Waals surface area (Å²) in [7, 11) is 0. The van der Waals surface area contributed by atoms with Crippen LogP contribution in [0.2, 0.25) is 0 Å². The Morgan fingerprint density at radius 2 is 1.95 bits per heavy atom. The summed E-state index contributed by atoms with van der Waals surface area (Å²) in [6.07, 6.45) is 2.47. The Kier molecular flexibility index (Phi) is 3.75. The van der Waals surface area contributed by atoms with E-state index in [1.165, 1.54) is 18.5 Å². The smallest absolute Gasteiger partial charge is 0.337 e. The number of aromatic nitrogens is 1. The lowest BCUT2D eigenvalue weighted by molar-refractivity contribution is 0.0698. The van der Waals surface area contributed by atoms with Gasteiger partial charge in [-0.2, -0.15) is 0 Å². The number of hydrogen-bond acceptors (Lipinski definition) is 3. The maximum Gasteiger partial charge on any atom is 0.337 e. The first-order valence-electron chi connectivity index (χ1n) is 5.08. The minimum Gasteiger partial charge on any atom is -0.478 e. The van der Waals surface area contributed by atoms with Crippen molar-refractivity contribution in [3.8, 4) is 0 Å². The highest BCUT2D eigenvalue weighted by atomic mass is 79.9. The van der Waals surface area contributed by atoms with Crippen molar-refractivity contribution in [3.63, 3.8) is 0 Å². The van der Waals surface area contributed by atoms with Crippen LogP contribution in [0.1, 0.15) is 10.4 Å². The highest BCUT2D eigenvalue weighted by molar-refractivity contribution is 9.10. The van der Waals surface area contributed by atoms with Crippen LogP contribution >= 0.6 is 15.9 Å². The van der Waals surface area contributed by atoms with Gasteiger partial charge >= 0.3 is 5.97 Å². The van der Waals surface area contributed by atoms with Crippen LogP contribution in [0.3, 0.4) is 0 Å². The van der Waals surface area contributed by atoms with E-state index in [9.17, 15) is 13.6 Å². The van der Waals surface area contributed by atoms with Gasteiger partial charge in [0.1, 0.15) is 5.69 Å². The zero-order valence-corrected chi connectivity index (χ0v) is 10.9. The second-order valence-electron chi connectivity index (χ2n) is 3.60. The largest absolute Gasteiger partial charge is 0.478 e. The second kappa shape index (κ2) is 5.31. The molecule has 4 nitrogen and oxygen atoms in total.